The molecule has 3 aliphatic rings. The number of benzene rings is 1. The summed E-state index contributed by atoms with van der Waals surface area (Å²) in [5.41, 5.74) is 1.30. The topological polar surface area (TPSA) is 49.4 Å². The highest BCUT2D eigenvalue weighted by Gasteiger charge is 2.42. The number of rotatable bonds is 5. The normalized spacial score (nSPS) is 26.8. The molecule has 1 aromatic carbocycles. The maximum atomic E-state index is 13.0. The summed E-state index contributed by atoms with van der Waals surface area (Å²) >= 11 is 1.49. The molecule has 1 aliphatic heterocycles. The van der Waals surface area contributed by atoms with Gasteiger partial charge in [-0.1, -0.05) is 23.8 Å². The van der Waals surface area contributed by atoms with Crippen molar-refractivity contribution < 1.29 is 22.8 Å². The van der Waals surface area contributed by atoms with E-state index in [1.807, 2.05) is 0 Å². The Labute approximate surface area is 203 Å². The van der Waals surface area contributed by atoms with Gasteiger partial charge in [-0.2, -0.15) is 13.2 Å². The van der Waals surface area contributed by atoms with Crippen molar-refractivity contribution in [2.24, 2.45) is 5.92 Å². The van der Waals surface area contributed by atoms with E-state index in [-0.39, 0.29) is 29.0 Å². The average molecular weight is 493 g/mol. The standard InChI is InChI=1S/C26H31F3N2O2S/c1-31-21-16-19(24(32)30-14-13-17-5-3-2-4-6-17)9-12-22(21)34-23(25(31)33)15-18-7-10-20(11-8-18)26(27,28)29/h5,7-8,10-11,15,19,21-22H,2-4,6,9,12-14,16H2,1H3,(H,30,32)/b23-15-. The van der Waals surface area contributed by atoms with Crippen LogP contribution in [0.4, 0.5) is 13.2 Å². The van der Waals surface area contributed by atoms with E-state index in [9.17, 15) is 22.8 Å². The molecule has 0 radical (unpaired) electrons. The third kappa shape index (κ3) is 5.88. The van der Waals surface area contributed by atoms with Crippen LogP contribution in [0.25, 0.3) is 6.08 Å². The van der Waals surface area contributed by atoms with Gasteiger partial charge in [0.15, 0.2) is 0 Å². The first-order chi connectivity index (χ1) is 16.2. The Morgan fingerprint density at radius 2 is 1.97 bits per heavy atom. The van der Waals surface area contributed by atoms with Crippen LogP contribution in [0.15, 0.2) is 40.8 Å². The number of likely N-dealkylation sites (N-methyl/N-ethyl adjacent to an activating group) is 1. The third-order valence-electron chi connectivity index (χ3n) is 7.10. The molecule has 0 bridgehead atoms. The largest absolute Gasteiger partial charge is 0.416 e. The van der Waals surface area contributed by atoms with Crippen LogP contribution in [0, 0.1) is 5.92 Å². The number of fused-ring (bicyclic) bond motifs is 1. The second-order valence-corrected chi connectivity index (χ2v) is 10.7. The van der Waals surface area contributed by atoms with Gasteiger partial charge in [0, 0.05) is 30.8 Å². The molecular weight excluding hydrogens is 461 g/mol. The Morgan fingerprint density at radius 1 is 1.21 bits per heavy atom. The molecule has 2 amide bonds. The number of hydrogen-bond donors (Lipinski definition) is 1. The Bertz CT molecular complexity index is 971. The maximum absolute atomic E-state index is 13.0. The number of nitrogens with zero attached hydrogens (tertiary/aromatic N) is 1. The van der Waals surface area contributed by atoms with Crippen molar-refractivity contribution in [2.45, 2.75) is 68.8 Å². The minimum Gasteiger partial charge on any atom is -0.356 e. The van der Waals surface area contributed by atoms with Crippen molar-refractivity contribution >= 4 is 29.7 Å². The Kier molecular flexibility index (Phi) is 7.75. The summed E-state index contributed by atoms with van der Waals surface area (Å²) in [5, 5.41) is 3.28. The summed E-state index contributed by atoms with van der Waals surface area (Å²) in [6, 6.07) is 4.82. The molecule has 4 rings (SSSR count). The monoisotopic (exact) mass is 492 g/mol. The van der Waals surface area contributed by atoms with Crippen LogP contribution in [-0.2, 0) is 15.8 Å². The molecule has 1 N–H and O–H groups in total. The maximum Gasteiger partial charge on any atom is 0.416 e. The van der Waals surface area contributed by atoms with E-state index in [2.05, 4.69) is 11.4 Å². The fourth-order valence-corrected chi connectivity index (χ4v) is 6.56. The van der Waals surface area contributed by atoms with Gasteiger partial charge in [0.05, 0.1) is 10.5 Å². The van der Waals surface area contributed by atoms with Crippen LogP contribution in [0.2, 0.25) is 0 Å². The van der Waals surface area contributed by atoms with Crippen LogP contribution >= 0.6 is 11.8 Å². The molecule has 2 aliphatic carbocycles. The number of amides is 2. The SMILES string of the molecule is CN1C(=O)/C(=C/c2ccc(C(F)(F)F)cc2)SC2CCC(C(=O)NCCC3=CCCCC3)CC21. The quantitative estimate of drug-likeness (QED) is 0.418. The highest BCUT2D eigenvalue weighted by atomic mass is 32.2. The zero-order chi connectivity index (χ0) is 24.3. The van der Waals surface area contributed by atoms with Gasteiger partial charge in [0.1, 0.15) is 0 Å². The van der Waals surface area contributed by atoms with E-state index in [4.69, 9.17) is 0 Å². The van der Waals surface area contributed by atoms with Crippen molar-refractivity contribution in [3.05, 3.63) is 51.9 Å². The highest BCUT2D eigenvalue weighted by molar-refractivity contribution is 8.04. The van der Waals surface area contributed by atoms with E-state index >= 15 is 0 Å². The van der Waals surface area contributed by atoms with Crippen LogP contribution in [0.1, 0.15) is 62.5 Å². The minimum absolute atomic E-state index is 0.0205. The van der Waals surface area contributed by atoms with Crippen molar-refractivity contribution in [3.8, 4) is 0 Å². The molecule has 1 aromatic rings. The smallest absolute Gasteiger partial charge is 0.356 e. The second kappa shape index (κ2) is 10.6. The van der Waals surface area contributed by atoms with Gasteiger partial charge in [0.2, 0.25) is 5.91 Å². The van der Waals surface area contributed by atoms with E-state index in [1.54, 1.807) is 18.0 Å². The Morgan fingerprint density at radius 3 is 2.65 bits per heavy atom. The zero-order valence-electron chi connectivity index (χ0n) is 19.4. The van der Waals surface area contributed by atoms with Crippen LogP contribution in [0.5, 0.6) is 0 Å². The van der Waals surface area contributed by atoms with E-state index in [1.165, 1.54) is 42.3 Å². The molecule has 1 saturated carbocycles. The lowest BCUT2D eigenvalue weighted by Crippen LogP contribution is -2.52. The lowest BCUT2D eigenvalue weighted by Gasteiger charge is -2.44. The molecule has 2 fully saturated rings. The minimum atomic E-state index is -4.38. The molecule has 3 atom stereocenters. The Hall–Kier alpha value is -2.22. The second-order valence-electron chi connectivity index (χ2n) is 9.43. The average Bonchev–Trinajstić information content (AvgIpc) is 2.82. The molecule has 184 valence electrons. The molecule has 8 heteroatoms. The number of allylic oxidation sites excluding steroid dienone is 1. The number of halogens is 3. The predicted molar refractivity (Wildman–Crippen MR) is 129 cm³/mol. The summed E-state index contributed by atoms with van der Waals surface area (Å²) in [5.74, 6) is -0.166. The van der Waals surface area contributed by atoms with Gasteiger partial charge < -0.3 is 10.2 Å². The van der Waals surface area contributed by atoms with Crippen LogP contribution < -0.4 is 5.32 Å². The van der Waals surface area contributed by atoms with Crippen molar-refractivity contribution in [3.63, 3.8) is 0 Å². The highest BCUT2D eigenvalue weighted by Crippen LogP contribution is 2.43. The summed E-state index contributed by atoms with van der Waals surface area (Å²) in [6.07, 6.45) is 7.50. The van der Waals surface area contributed by atoms with Gasteiger partial charge in [0.25, 0.3) is 5.91 Å². The number of carbonyl (C=O) groups is 2. The zero-order valence-corrected chi connectivity index (χ0v) is 20.2. The van der Waals surface area contributed by atoms with Crippen molar-refractivity contribution in [1.29, 1.82) is 0 Å². The molecule has 1 saturated heterocycles. The van der Waals surface area contributed by atoms with Gasteiger partial charge in [-0.05, 0) is 75.1 Å². The molecule has 0 aromatic heterocycles. The van der Waals surface area contributed by atoms with Gasteiger partial charge >= 0.3 is 6.18 Å². The summed E-state index contributed by atoms with van der Waals surface area (Å²) in [7, 11) is 1.76. The molecular formula is C26H31F3N2O2S. The number of carbonyl (C=O) groups excluding carboxylic acids is 2. The van der Waals surface area contributed by atoms with Crippen molar-refractivity contribution in [2.75, 3.05) is 13.6 Å². The van der Waals surface area contributed by atoms with E-state index < -0.39 is 11.7 Å². The molecule has 1 heterocycles. The van der Waals surface area contributed by atoms with E-state index in [0.717, 1.165) is 44.2 Å². The van der Waals surface area contributed by atoms with Gasteiger partial charge in [-0.15, -0.1) is 11.8 Å². The first kappa shape index (κ1) is 24.9. The first-order valence-corrected chi connectivity index (χ1v) is 12.9. The van der Waals surface area contributed by atoms with Crippen LogP contribution in [-0.4, -0.2) is 41.6 Å². The molecule has 3 unspecified atom stereocenters. The summed E-state index contributed by atoms with van der Waals surface area (Å²) in [6.45, 7) is 0.665. The molecule has 0 spiro atoms. The number of hydrogen-bond acceptors (Lipinski definition) is 3. The van der Waals surface area contributed by atoms with E-state index in [0.29, 0.717) is 23.4 Å². The predicted octanol–water partition coefficient (Wildman–Crippen LogP) is 5.80. The van der Waals surface area contributed by atoms with Gasteiger partial charge in [-0.25, -0.2) is 0 Å². The third-order valence-corrected chi connectivity index (χ3v) is 8.50. The number of alkyl halides is 3. The number of nitrogens with one attached hydrogen (secondary N) is 1. The molecule has 4 nitrogen and oxygen atoms in total. The lowest BCUT2D eigenvalue weighted by molar-refractivity contribution is -0.137. The summed E-state index contributed by atoms with van der Waals surface area (Å²) < 4.78 is 38.4. The first-order valence-electron chi connectivity index (χ1n) is 12.0. The Balaban J connectivity index is 1.34. The van der Waals surface area contributed by atoms with Gasteiger partial charge in [-0.3, -0.25) is 9.59 Å². The summed E-state index contributed by atoms with van der Waals surface area (Å²) in [4.78, 5) is 28.0. The van der Waals surface area contributed by atoms with Crippen LogP contribution in [0.3, 0.4) is 0 Å². The molecule has 34 heavy (non-hydrogen) atoms. The fraction of sp³-hybridized carbons (Fsp3) is 0.538. The van der Waals surface area contributed by atoms with Crippen molar-refractivity contribution in [1.82, 2.24) is 10.2 Å². The number of thioether (sulfide) groups is 1. The lowest BCUT2D eigenvalue weighted by atomic mass is 9.83. The fourth-order valence-electron chi connectivity index (χ4n) is 5.08.